The highest BCUT2D eigenvalue weighted by atomic mass is 127. The van der Waals surface area contributed by atoms with E-state index in [1.807, 2.05) is 42.5 Å². The first-order valence-electron chi connectivity index (χ1n) is 9.56. The smallest absolute Gasteiger partial charge is 0.221 e. The normalized spacial score (nSPS) is 11.9. The third-order valence-electron chi connectivity index (χ3n) is 4.18. The number of hydrogen-bond acceptors (Lipinski definition) is 3. The van der Waals surface area contributed by atoms with Crippen LogP contribution in [-0.4, -0.2) is 32.1 Å². The van der Waals surface area contributed by atoms with Gasteiger partial charge in [-0.25, -0.2) is 0 Å². The van der Waals surface area contributed by atoms with E-state index in [-0.39, 0.29) is 36.0 Å². The molecule has 0 spiro atoms. The van der Waals surface area contributed by atoms with Gasteiger partial charge in [0.05, 0.1) is 6.10 Å². The fourth-order valence-corrected chi connectivity index (χ4v) is 2.73. The molecule has 2 aromatic rings. The molecular formula is C22H31IN4O2. The lowest BCUT2D eigenvalue weighted by molar-refractivity contribution is -0.114. The van der Waals surface area contributed by atoms with E-state index in [9.17, 15) is 4.79 Å². The summed E-state index contributed by atoms with van der Waals surface area (Å²) < 4.78 is 5.88. The third kappa shape index (κ3) is 9.76. The van der Waals surface area contributed by atoms with Gasteiger partial charge >= 0.3 is 0 Å². The SMILES string of the molecule is CN=C(NCCCOC(C)c1ccccc1)NCc1cccc(NC(C)=O)c1.I. The number of carbonyl (C=O) groups excluding carboxylic acids is 1. The van der Waals surface area contributed by atoms with Crippen LogP contribution in [0.15, 0.2) is 59.6 Å². The van der Waals surface area contributed by atoms with Gasteiger partial charge in [-0.3, -0.25) is 9.79 Å². The molecule has 6 nitrogen and oxygen atoms in total. The number of nitrogens with zero attached hydrogens (tertiary/aromatic N) is 1. The monoisotopic (exact) mass is 510 g/mol. The molecule has 0 radical (unpaired) electrons. The molecule has 7 heteroatoms. The molecule has 0 aliphatic carbocycles. The van der Waals surface area contributed by atoms with E-state index in [1.54, 1.807) is 7.05 Å². The Morgan fingerprint density at radius 3 is 2.55 bits per heavy atom. The molecule has 0 fully saturated rings. The molecule has 0 aliphatic rings. The zero-order chi connectivity index (χ0) is 20.2. The summed E-state index contributed by atoms with van der Waals surface area (Å²) in [5.74, 6) is 0.660. The van der Waals surface area contributed by atoms with Crippen molar-refractivity contribution in [3.8, 4) is 0 Å². The highest BCUT2D eigenvalue weighted by molar-refractivity contribution is 14.0. The maximum absolute atomic E-state index is 11.2. The zero-order valence-corrected chi connectivity index (χ0v) is 19.6. The Kier molecular flexibility index (Phi) is 12.0. The van der Waals surface area contributed by atoms with Crippen molar-refractivity contribution in [1.29, 1.82) is 0 Å². The number of nitrogens with one attached hydrogen (secondary N) is 3. The van der Waals surface area contributed by atoms with E-state index in [0.717, 1.165) is 30.2 Å². The Morgan fingerprint density at radius 2 is 1.86 bits per heavy atom. The molecule has 158 valence electrons. The van der Waals surface area contributed by atoms with E-state index < -0.39 is 0 Å². The summed E-state index contributed by atoms with van der Waals surface area (Å²) >= 11 is 0. The maximum Gasteiger partial charge on any atom is 0.221 e. The van der Waals surface area contributed by atoms with Gasteiger partial charge < -0.3 is 20.7 Å². The molecule has 3 N–H and O–H groups in total. The lowest BCUT2D eigenvalue weighted by Crippen LogP contribution is -2.37. The summed E-state index contributed by atoms with van der Waals surface area (Å²) in [6.45, 7) is 5.64. The van der Waals surface area contributed by atoms with Gasteiger partial charge in [-0.2, -0.15) is 0 Å². The second kappa shape index (κ2) is 13.9. The van der Waals surface area contributed by atoms with Crippen LogP contribution >= 0.6 is 24.0 Å². The van der Waals surface area contributed by atoms with Crippen LogP contribution < -0.4 is 16.0 Å². The molecule has 1 atom stereocenters. The first-order chi connectivity index (χ1) is 13.6. The fraction of sp³-hybridized carbons (Fsp3) is 0.364. The Bertz CT molecular complexity index is 768. The van der Waals surface area contributed by atoms with Crippen LogP contribution in [0.5, 0.6) is 0 Å². The molecule has 29 heavy (non-hydrogen) atoms. The fourth-order valence-electron chi connectivity index (χ4n) is 2.73. The van der Waals surface area contributed by atoms with Crippen LogP contribution in [0, 0.1) is 0 Å². The minimum atomic E-state index is -0.0774. The second-order valence-electron chi connectivity index (χ2n) is 6.51. The standard InChI is InChI=1S/C22H30N4O2.HI/c1-17(20-10-5-4-6-11-20)28-14-8-13-24-22(23-3)25-16-19-9-7-12-21(15-19)26-18(2)27;/h4-7,9-12,15,17H,8,13-14,16H2,1-3H3,(H,26,27)(H2,23,24,25);1H. The maximum atomic E-state index is 11.2. The van der Waals surface area contributed by atoms with Crippen LogP contribution in [0.25, 0.3) is 0 Å². The number of amides is 1. The van der Waals surface area contributed by atoms with Crippen LogP contribution in [0.4, 0.5) is 5.69 Å². The first-order valence-corrected chi connectivity index (χ1v) is 9.56. The largest absolute Gasteiger partial charge is 0.374 e. The number of rotatable bonds is 9. The van der Waals surface area contributed by atoms with Crippen molar-refractivity contribution >= 4 is 41.5 Å². The van der Waals surface area contributed by atoms with E-state index in [4.69, 9.17) is 4.74 Å². The van der Waals surface area contributed by atoms with E-state index in [1.165, 1.54) is 12.5 Å². The van der Waals surface area contributed by atoms with Crippen molar-refractivity contribution in [2.45, 2.75) is 32.9 Å². The van der Waals surface area contributed by atoms with E-state index >= 15 is 0 Å². The highest BCUT2D eigenvalue weighted by Crippen LogP contribution is 2.15. The van der Waals surface area contributed by atoms with Gasteiger partial charge in [0.1, 0.15) is 0 Å². The van der Waals surface area contributed by atoms with Crippen molar-refractivity contribution in [2.24, 2.45) is 4.99 Å². The molecule has 0 saturated carbocycles. The molecule has 1 unspecified atom stereocenters. The van der Waals surface area contributed by atoms with E-state index in [2.05, 4.69) is 40.0 Å². The van der Waals surface area contributed by atoms with Gasteiger partial charge in [-0.15, -0.1) is 24.0 Å². The average Bonchev–Trinajstić information content (AvgIpc) is 2.70. The summed E-state index contributed by atoms with van der Waals surface area (Å²) in [5.41, 5.74) is 3.04. The lowest BCUT2D eigenvalue weighted by Gasteiger charge is -2.15. The molecule has 0 bridgehead atoms. The summed E-state index contributed by atoms with van der Waals surface area (Å²) in [5, 5.41) is 9.36. The quantitative estimate of drug-likeness (QED) is 0.206. The lowest BCUT2D eigenvalue weighted by atomic mass is 10.1. The molecule has 0 saturated heterocycles. The number of aliphatic imine (C=N–C) groups is 1. The number of guanidine groups is 1. The van der Waals surface area contributed by atoms with Gasteiger partial charge in [0.2, 0.25) is 5.91 Å². The average molecular weight is 510 g/mol. The van der Waals surface area contributed by atoms with Crippen molar-refractivity contribution in [3.05, 3.63) is 65.7 Å². The number of halogens is 1. The molecule has 2 rings (SSSR count). The molecular weight excluding hydrogens is 479 g/mol. The van der Waals surface area contributed by atoms with Crippen molar-refractivity contribution in [3.63, 3.8) is 0 Å². The summed E-state index contributed by atoms with van der Waals surface area (Å²) in [4.78, 5) is 15.4. The number of benzene rings is 2. The van der Waals surface area contributed by atoms with E-state index in [0.29, 0.717) is 13.2 Å². The molecule has 1 amide bonds. The molecule has 0 aromatic heterocycles. The third-order valence-corrected chi connectivity index (χ3v) is 4.18. The minimum absolute atomic E-state index is 0. The minimum Gasteiger partial charge on any atom is -0.374 e. The summed E-state index contributed by atoms with van der Waals surface area (Å²) in [6, 6.07) is 18.0. The Hall–Kier alpha value is -2.13. The van der Waals surface area contributed by atoms with Gasteiger partial charge in [-0.05, 0) is 36.6 Å². The van der Waals surface area contributed by atoms with Gasteiger partial charge in [0.15, 0.2) is 5.96 Å². The number of ether oxygens (including phenoxy) is 1. The summed E-state index contributed by atoms with van der Waals surface area (Å²) in [7, 11) is 1.75. The number of carbonyl (C=O) groups is 1. The second-order valence-corrected chi connectivity index (χ2v) is 6.51. The van der Waals surface area contributed by atoms with Crippen molar-refractivity contribution < 1.29 is 9.53 Å². The summed E-state index contributed by atoms with van der Waals surface area (Å²) in [6.07, 6.45) is 0.977. The van der Waals surface area contributed by atoms with Crippen LogP contribution in [0.2, 0.25) is 0 Å². The predicted molar refractivity (Wildman–Crippen MR) is 130 cm³/mol. The number of anilines is 1. The van der Waals surface area contributed by atoms with Gasteiger partial charge in [-0.1, -0.05) is 42.5 Å². The molecule has 0 heterocycles. The zero-order valence-electron chi connectivity index (χ0n) is 17.3. The first kappa shape index (κ1) is 24.9. The van der Waals surface area contributed by atoms with Gasteiger partial charge in [0, 0.05) is 39.4 Å². The molecule has 2 aromatic carbocycles. The Labute approximate surface area is 190 Å². The van der Waals surface area contributed by atoms with Crippen LogP contribution in [0.1, 0.15) is 37.5 Å². The Morgan fingerprint density at radius 1 is 1.10 bits per heavy atom. The van der Waals surface area contributed by atoms with Crippen molar-refractivity contribution in [1.82, 2.24) is 10.6 Å². The molecule has 0 aliphatic heterocycles. The highest BCUT2D eigenvalue weighted by Gasteiger charge is 2.05. The predicted octanol–water partition coefficient (Wildman–Crippen LogP) is 4.10. The van der Waals surface area contributed by atoms with Gasteiger partial charge in [0.25, 0.3) is 0 Å². The topological polar surface area (TPSA) is 74.8 Å². The van der Waals surface area contributed by atoms with Crippen LogP contribution in [0.3, 0.4) is 0 Å². The Balaban J connectivity index is 0.00000420. The number of hydrogen-bond donors (Lipinski definition) is 3. The van der Waals surface area contributed by atoms with Crippen molar-refractivity contribution in [2.75, 3.05) is 25.5 Å². The van der Waals surface area contributed by atoms with Crippen LogP contribution in [-0.2, 0) is 16.1 Å².